The lowest BCUT2D eigenvalue weighted by atomic mass is 10.0. The highest BCUT2D eigenvalue weighted by molar-refractivity contribution is 7.12. The molecule has 1 amide bonds. The monoisotopic (exact) mass is 414 g/mol. The first-order valence-corrected chi connectivity index (χ1v) is 9.87. The van der Waals surface area contributed by atoms with Gasteiger partial charge in [0.15, 0.2) is 6.61 Å². The third-order valence-electron chi connectivity index (χ3n) is 4.52. The molecule has 3 aromatic rings. The number of aryl methyl sites for hydroxylation is 2. The van der Waals surface area contributed by atoms with E-state index >= 15 is 0 Å². The van der Waals surface area contributed by atoms with Gasteiger partial charge in [0.25, 0.3) is 5.91 Å². The summed E-state index contributed by atoms with van der Waals surface area (Å²) in [4.78, 5) is 41.6. The first-order chi connectivity index (χ1) is 13.9. The van der Waals surface area contributed by atoms with E-state index in [0.29, 0.717) is 5.56 Å². The number of H-pyrrole nitrogens is 1. The van der Waals surface area contributed by atoms with Crippen LogP contribution < -0.4 is 5.32 Å². The number of nitrogens with one attached hydrogen (secondary N) is 2. The lowest BCUT2D eigenvalue weighted by molar-refractivity contribution is -0.145. The maximum atomic E-state index is 12.3. The van der Waals surface area contributed by atoms with Gasteiger partial charge in [-0.1, -0.05) is 18.2 Å². The minimum atomic E-state index is -0.893. The molecule has 152 valence electrons. The summed E-state index contributed by atoms with van der Waals surface area (Å²) in [6, 6.07) is 8.51. The number of aromatic amines is 1. The SMILES string of the molecule is COC(=O)[C@H](Cc1c[nH]c2ccccc12)NC(=O)COC(=O)c1cc(C)sc1C. The van der Waals surface area contributed by atoms with E-state index in [9.17, 15) is 14.4 Å². The number of benzene rings is 1. The van der Waals surface area contributed by atoms with Gasteiger partial charge in [-0.3, -0.25) is 4.79 Å². The van der Waals surface area contributed by atoms with Crippen LogP contribution in [0.25, 0.3) is 10.9 Å². The number of ether oxygens (including phenoxy) is 2. The summed E-state index contributed by atoms with van der Waals surface area (Å²) >= 11 is 1.49. The third kappa shape index (κ3) is 4.83. The van der Waals surface area contributed by atoms with Crippen LogP contribution in [0, 0.1) is 13.8 Å². The van der Waals surface area contributed by atoms with Crippen molar-refractivity contribution in [1.29, 1.82) is 0 Å². The zero-order chi connectivity index (χ0) is 21.0. The smallest absolute Gasteiger partial charge is 0.339 e. The Labute approximate surface area is 172 Å². The molecule has 7 nitrogen and oxygen atoms in total. The van der Waals surface area contributed by atoms with E-state index in [4.69, 9.17) is 9.47 Å². The Kier molecular flexibility index (Phi) is 6.33. The first kappa shape index (κ1) is 20.6. The van der Waals surface area contributed by atoms with Gasteiger partial charge in [-0.05, 0) is 31.5 Å². The quantitative estimate of drug-likeness (QED) is 0.580. The van der Waals surface area contributed by atoms with Crippen molar-refractivity contribution in [2.75, 3.05) is 13.7 Å². The number of esters is 2. The van der Waals surface area contributed by atoms with Crippen LogP contribution in [0.5, 0.6) is 0 Å². The second kappa shape index (κ2) is 8.91. The van der Waals surface area contributed by atoms with Crippen LogP contribution in [0.1, 0.15) is 25.7 Å². The molecular formula is C21H22N2O5S. The topological polar surface area (TPSA) is 97.5 Å². The van der Waals surface area contributed by atoms with Crippen LogP contribution in [0.2, 0.25) is 0 Å². The van der Waals surface area contributed by atoms with Crippen molar-refractivity contribution in [3.8, 4) is 0 Å². The number of aromatic nitrogens is 1. The van der Waals surface area contributed by atoms with Crippen molar-refractivity contribution < 1.29 is 23.9 Å². The van der Waals surface area contributed by atoms with Gasteiger partial charge in [-0.15, -0.1) is 11.3 Å². The highest BCUT2D eigenvalue weighted by Gasteiger charge is 2.24. The molecular weight excluding hydrogens is 392 g/mol. The molecule has 0 aliphatic heterocycles. The molecule has 2 N–H and O–H groups in total. The fourth-order valence-corrected chi connectivity index (χ4v) is 4.05. The second-order valence-corrected chi connectivity index (χ2v) is 8.07. The normalized spacial score (nSPS) is 11.8. The molecule has 0 bridgehead atoms. The molecule has 8 heteroatoms. The van der Waals surface area contributed by atoms with Crippen LogP contribution >= 0.6 is 11.3 Å². The lowest BCUT2D eigenvalue weighted by Crippen LogP contribution is -2.44. The predicted molar refractivity (Wildman–Crippen MR) is 110 cm³/mol. The number of amides is 1. The average molecular weight is 414 g/mol. The van der Waals surface area contributed by atoms with Gasteiger partial charge in [0, 0.05) is 33.3 Å². The van der Waals surface area contributed by atoms with Crippen LogP contribution in [0.15, 0.2) is 36.5 Å². The first-order valence-electron chi connectivity index (χ1n) is 9.05. The van der Waals surface area contributed by atoms with Crippen LogP contribution in [-0.2, 0) is 25.5 Å². The molecule has 3 rings (SSSR count). The van der Waals surface area contributed by atoms with E-state index < -0.39 is 30.5 Å². The molecule has 1 aromatic carbocycles. The highest BCUT2D eigenvalue weighted by Crippen LogP contribution is 2.21. The van der Waals surface area contributed by atoms with Crippen LogP contribution in [0.3, 0.4) is 0 Å². The molecule has 0 aliphatic rings. The van der Waals surface area contributed by atoms with E-state index in [1.807, 2.05) is 38.1 Å². The molecule has 0 radical (unpaired) electrons. The van der Waals surface area contributed by atoms with Crippen molar-refractivity contribution in [3.63, 3.8) is 0 Å². The van der Waals surface area contributed by atoms with E-state index in [0.717, 1.165) is 26.2 Å². The predicted octanol–water partition coefficient (Wildman–Crippen LogP) is 2.90. The van der Waals surface area contributed by atoms with Crippen molar-refractivity contribution in [3.05, 3.63) is 57.4 Å². The molecule has 0 fully saturated rings. The molecule has 0 saturated carbocycles. The molecule has 0 saturated heterocycles. The summed E-state index contributed by atoms with van der Waals surface area (Å²) in [5.41, 5.74) is 2.26. The molecule has 0 aliphatic carbocycles. The summed E-state index contributed by atoms with van der Waals surface area (Å²) in [6.07, 6.45) is 2.05. The Hall–Kier alpha value is -3.13. The van der Waals surface area contributed by atoms with E-state index in [1.54, 1.807) is 12.3 Å². The Bertz CT molecular complexity index is 1050. The highest BCUT2D eigenvalue weighted by atomic mass is 32.1. The van der Waals surface area contributed by atoms with Gasteiger partial charge < -0.3 is 19.8 Å². The van der Waals surface area contributed by atoms with Crippen molar-refractivity contribution >= 4 is 40.1 Å². The number of thiophene rings is 1. The van der Waals surface area contributed by atoms with Crippen molar-refractivity contribution in [2.24, 2.45) is 0 Å². The Balaban J connectivity index is 1.64. The Morgan fingerprint density at radius 3 is 2.66 bits per heavy atom. The van der Waals surface area contributed by atoms with E-state index in [2.05, 4.69) is 10.3 Å². The number of carbonyl (C=O) groups is 3. The minimum Gasteiger partial charge on any atom is -0.467 e. The number of methoxy groups -OCH3 is 1. The largest absolute Gasteiger partial charge is 0.467 e. The summed E-state index contributed by atoms with van der Waals surface area (Å²) in [5, 5.41) is 3.56. The van der Waals surface area contributed by atoms with Crippen LogP contribution in [-0.4, -0.2) is 42.6 Å². The second-order valence-electron chi connectivity index (χ2n) is 6.61. The third-order valence-corrected chi connectivity index (χ3v) is 5.48. The molecule has 2 heterocycles. The van der Waals surface area contributed by atoms with Crippen LogP contribution in [0.4, 0.5) is 0 Å². The number of para-hydroxylation sites is 1. The maximum Gasteiger partial charge on any atom is 0.339 e. The lowest BCUT2D eigenvalue weighted by Gasteiger charge is -2.16. The summed E-state index contributed by atoms with van der Waals surface area (Å²) < 4.78 is 9.92. The molecule has 0 unspecified atom stereocenters. The summed E-state index contributed by atoms with van der Waals surface area (Å²) in [5.74, 6) is -1.70. The zero-order valence-corrected chi connectivity index (χ0v) is 17.2. The van der Waals surface area contributed by atoms with E-state index in [-0.39, 0.29) is 6.42 Å². The number of fused-ring (bicyclic) bond motifs is 1. The Morgan fingerprint density at radius 2 is 1.97 bits per heavy atom. The molecule has 0 spiro atoms. The molecule has 2 aromatic heterocycles. The molecule has 1 atom stereocenters. The van der Waals surface area contributed by atoms with Gasteiger partial charge in [0.05, 0.1) is 12.7 Å². The van der Waals surface area contributed by atoms with Gasteiger partial charge >= 0.3 is 11.9 Å². The van der Waals surface area contributed by atoms with Gasteiger partial charge in [-0.2, -0.15) is 0 Å². The van der Waals surface area contributed by atoms with Gasteiger partial charge in [0.2, 0.25) is 0 Å². The molecule has 29 heavy (non-hydrogen) atoms. The average Bonchev–Trinajstić information content (AvgIpc) is 3.27. The number of carbonyl (C=O) groups excluding carboxylic acids is 3. The van der Waals surface area contributed by atoms with Crippen molar-refractivity contribution in [1.82, 2.24) is 10.3 Å². The number of hydrogen-bond acceptors (Lipinski definition) is 6. The van der Waals surface area contributed by atoms with Gasteiger partial charge in [-0.25, -0.2) is 9.59 Å². The fraction of sp³-hybridized carbons (Fsp3) is 0.286. The summed E-state index contributed by atoms with van der Waals surface area (Å²) in [6.45, 7) is 3.24. The zero-order valence-electron chi connectivity index (χ0n) is 16.4. The standard InChI is InChI=1S/C21H22N2O5S/c1-12-8-16(13(2)29-12)20(25)28-11-19(24)23-18(21(26)27-3)9-14-10-22-17-7-5-4-6-15(14)17/h4-8,10,18,22H,9,11H2,1-3H3,(H,23,24)/t18-/m0/s1. The maximum absolute atomic E-state index is 12.3. The van der Waals surface area contributed by atoms with Crippen molar-refractivity contribution in [2.45, 2.75) is 26.3 Å². The van der Waals surface area contributed by atoms with Gasteiger partial charge in [0.1, 0.15) is 6.04 Å². The Morgan fingerprint density at radius 1 is 1.21 bits per heavy atom. The summed E-state index contributed by atoms with van der Waals surface area (Å²) in [7, 11) is 1.26. The number of hydrogen-bond donors (Lipinski definition) is 2. The van der Waals surface area contributed by atoms with E-state index in [1.165, 1.54) is 18.4 Å². The minimum absolute atomic E-state index is 0.249. The number of rotatable bonds is 7. The fourth-order valence-electron chi connectivity index (χ4n) is 3.13.